The third kappa shape index (κ3) is 5.06. The molecule has 0 saturated carbocycles. The first-order valence-corrected chi connectivity index (χ1v) is 9.69. The molecule has 7 nitrogen and oxygen atoms in total. The van der Waals surface area contributed by atoms with Crippen LogP contribution in [-0.4, -0.2) is 62.4 Å². The lowest BCUT2D eigenvalue weighted by Gasteiger charge is -2.35. The lowest BCUT2D eigenvalue weighted by atomic mass is 10.1. The number of nitrogens with zero attached hydrogens (tertiary/aromatic N) is 3. The topological polar surface area (TPSA) is 66.9 Å². The van der Waals surface area contributed by atoms with Gasteiger partial charge in [-0.25, -0.2) is 9.78 Å². The Balaban J connectivity index is 1.44. The number of urea groups is 1. The van der Waals surface area contributed by atoms with Crippen LogP contribution in [0.15, 0.2) is 42.6 Å². The zero-order valence-electron chi connectivity index (χ0n) is 16.6. The molecule has 7 heteroatoms. The largest absolute Gasteiger partial charge is 0.493 e. The molecule has 1 saturated heterocycles. The fourth-order valence-corrected chi connectivity index (χ4v) is 3.25. The van der Waals surface area contributed by atoms with Crippen molar-refractivity contribution < 1.29 is 14.3 Å². The van der Waals surface area contributed by atoms with Gasteiger partial charge in [-0.2, -0.15) is 0 Å². The summed E-state index contributed by atoms with van der Waals surface area (Å²) < 4.78 is 10.9. The molecule has 0 radical (unpaired) electrons. The molecular formula is C21H28N4O3. The molecule has 0 spiro atoms. The van der Waals surface area contributed by atoms with Gasteiger partial charge in [-0.05, 0) is 43.2 Å². The second-order valence-corrected chi connectivity index (χ2v) is 6.56. The number of amides is 2. The minimum atomic E-state index is -0.0152. The number of pyridine rings is 1. The van der Waals surface area contributed by atoms with Gasteiger partial charge in [-0.15, -0.1) is 0 Å². The summed E-state index contributed by atoms with van der Waals surface area (Å²) in [6.07, 6.45) is 2.53. The minimum Gasteiger partial charge on any atom is -0.493 e. The van der Waals surface area contributed by atoms with Crippen LogP contribution in [-0.2, 0) is 6.42 Å². The monoisotopic (exact) mass is 384 g/mol. The van der Waals surface area contributed by atoms with Gasteiger partial charge in [-0.1, -0.05) is 12.1 Å². The fraction of sp³-hybridized carbons (Fsp3) is 0.429. The molecule has 0 bridgehead atoms. The highest BCUT2D eigenvalue weighted by molar-refractivity contribution is 5.74. The molecule has 150 valence electrons. The van der Waals surface area contributed by atoms with E-state index in [9.17, 15) is 4.79 Å². The highest BCUT2D eigenvalue weighted by Crippen LogP contribution is 2.28. The normalized spacial score (nSPS) is 13.9. The summed E-state index contributed by atoms with van der Waals surface area (Å²) in [5.74, 6) is 2.42. The van der Waals surface area contributed by atoms with Gasteiger partial charge in [0.15, 0.2) is 11.5 Å². The van der Waals surface area contributed by atoms with Crippen molar-refractivity contribution in [3.63, 3.8) is 0 Å². The molecule has 28 heavy (non-hydrogen) atoms. The molecule has 0 unspecified atom stereocenters. The Hall–Kier alpha value is -2.96. The summed E-state index contributed by atoms with van der Waals surface area (Å²) >= 11 is 0. The molecule has 0 atom stereocenters. The average molecular weight is 384 g/mol. The van der Waals surface area contributed by atoms with Crippen LogP contribution in [0.1, 0.15) is 12.5 Å². The molecule has 2 aromatic rings. The maximum absolute atomic E-state index is 12.4. The van der Waals surface area contributed by atoms with E-state index in [4.69, 9.17) is 9.47 Å². The van der Waals surface area contributed by atoms with Gasteiger partial charge in [0, 0.05) is 38.9 Å². The van der Waals surface area contributed by atoms with E-state index in [0.717, 1.165) is 42.4 Å². The van der Waals surface area contributed by atoms with E-state index in [0.29, 0.717) is 26.2 Å². The third-order valence-electron chi connectivity index (χ3n) is 4.76. The smallest absolute Gasteiger partial charge is 0.317 e. The van der Waals surface area contributed by atoms with E-state index in [2.05, 4.69) is 15.2 Å². The van der Waals surface area contributed by atoms with Crippen molar-refractivity contribution in [2.75, 3.05) is 51.3 Å². The Labute approximate surface area is 166 Å². The Morgan fingerprint density at radius 1 is 1.14 bits per heavy atom. The van der Waals surface area contributed by atoms with Gasteiger partial charge in [-0.3, -0.25) is 0 Å². The number of benzene rings is 1. The number of nitrogens with one attached hydrogen (secondary N) is 1. The number of anilines is 1. The maximum atomic E-state index is 12.4. The molecule has 2 heterocycles. The van der Waals surface area contributed by atoms with Gasteiger partial charge in [0.05, 0.1) is 13.7 Å². The zero-order valence-corrected chi connectivity index (χ0v) is 16.6. The van der Waals surface area contributed by atoms with Crippen molar-refractivity contribution >= 4 is 11.8 Å². The summed E-state index contributed by atoms with van der Waals surface area (Å²) in [5, 5.41) is 3.01. The van der Waals surface area contributed by atoms with E-state index in [1.807, 2.05) is 48.2 Å². The molecule has 1 aliphatic rings. The van der Waals surface area contributed by atoms with Crippen LogP contribution in [0.3, 0.4) is 0 Å². The molecule has 3 rings (SSSR count). The van der Waals surface area contributed by atoms with Crippen molar-refractivity contribution in [2.45, 2.75) is 13.3 Å². The quantitative estimate of drug-likeness (QED) is 0.795. The van der Waals surface area contributed by atoms with E-state index in [-0.39, 0.29) is 6.03 Å². The first-order valence-electron chi connectivity index (χ1n) is 9.69. The number of methoxy groups -OCH3 is 1. The predicted molar refractivity (Wildman–Crippen MR) is 109 cm³/mol. The first kappa shape index (κ1) is 19.8. The van der Waals surface area contributed by atoms with Crippen molar-refractivity contribution in [3.05, 3.63) is 48.2 Å². The van der Waals surface area contributed by atoms with Crippen molar-refractivity contribution in [1.82, 2.24) is 15.2 Å². The lowest BCUT2D eigenvalue weighted by Crippen LogP contribution is -2.52. The number of hydrogen-bond acceptors (Lipinski definition) is 5. The van der Waals surface area contributed by atoms with E-state index in [1.54, 1.807) is 13.3 Å². The summed E-state index contributed by atoms with van der Waals surface area (Å²) in [4.78, 5) is 20.9. The Morgan fingerprint density at radius 3 is 2.64 bits per heavy atom. The standard InChI is InChI=1S/C21H28N4O3/c1-3-28-18-8-7-17(16-19(18)27-2)9-11-23-21(26)25-14-12-24(13-15-25)20-6-4-5-10-22-20/h4-8,10,16H,3,9,11-15H2,1-2H3,(H,23,26). The molecule has 1 aromatic carbocycles. The second kappa shape index (κ2) is 9.82. The first-order chi connectivity index (χ1) is 13.7. The fourth-order valence-electron chi connectivity index (χ4n) is 3.25. The van der Waals surface area contributed by atoms with Crippen molar-refractivity contribution in [3.8, 4) is 11.5 Å². The van der Waals surface area contributed by atoms with Crippen LogP contribution < -0.4 is 19.7 Å². The number of carbonyl (C=O) groups is 1. The molecule has 1 aromatic heterocycles. The van der Waals surface area contributed by atoms with Gasteiger partial charge in [0.25, 0.3) is 0 Å². The predicted octanol–water partition coefficient (Wildman–Crippen LogP) is 2.56. The van der Waals surface area contributed by atoms with Gasteiger partial charge >= 0.3 is 6.03 Å². The van der Waals surface area contributed by atoms with E-state index >= 15 is 0 Å². The highest BCUT2D eigenvalue weighted by Gasteiger charge is 2.21. The SMILES string of the molecule is CCOc1ccc(CCNC(=O)N2CCN(c3ccccn3)CC2)cc1OC. The number of hydrogen-bond donors (Lipinski definition) is 1. The number of ether oxygens (including phenoxy) is 2. The summed E-state index contributed by atoms with van der Waals surface area (Å²) in [7, 11) is 1.63. The number of aromatic nitrogens is 1. The minimum absolute atomic E-state index is 0.0152. The van der Waals surface area contributed by atoms with Crippen LogP contribution in [0.5, 0.6) is 11.5 Å². The number of piperazine rings is 1. The molecule has 2 amide bonds. The van der Waals surface area contributed by atoms with Gasteiger partial charge in [0.2, 0.25) is 0 Å². The lowest BCUT2D eigenvalue weighted by molar-refractivity contribution is 0.194. The molecule has 1 fully saturated rings. The summed E-state index contributed by atoms with van der Waals surface area (Å²) in [5.41, 5.74) is 1.10. The third-order valence-corrected chi connectivity index (χ3v) is 4.76. The zero-order chi connectivity index (χ0) is 19.8. The van der Waals surface area contributed by atoms with Crippen molar-refractivity contribution in [1.29, 1.82) is 0 Å². The van der Waals surface area contributed by atoms with Crippen LogP contribution in [0.25, 0.3) is 0 Å². The average Bonchev–Trinajstić information content (AvgIpc) is 2.75. The second-order valence-electron chi connectivity index (χ2n) is 6.56. The van der Waals surface area contributed by atoms with Crippen LogP contribution in [0, 0.1) is 0 Å². The molecule has 1 aliphatic heterocycles. The summed E-state index contributed by atoms with van der Waals surface area (Å²) in [6, 6.07) is 11.8. The Bertz CT molecular complexity index is 762. The van der Waals surface area contributed by atoms with Crippen LogP contribution in [0.4, 0.5) is 10.6 Å². The Morgan fingerprint density at radius 2 is 1.96 bits per heavy atom. The molecular weight excluding hydrogens is 356 g/mol. The molecule has 0 aliphatic carbocycles. The van der Waals surface area contributed by atoms with Gasteiger partial charge < -0.3 is 24.6 Å². The van der Waals surface area contributed by atoms with Crippen molar-refractivity contribution in [2.24, 2.45) is 0 Å². The maximum Gasteiger partial charge on any atom is 0.317 e. The van der Waals surface area contributed by atoms with Crippen LogP contribution in [0.2, 0.25) is 0 Å². The van der Waals surface area contributed by atoms with Crippen LogP contribution >= 0.6 is 0 Å². The van der Waals surface area contributed by atoms with E-state index in [1.165, 1.54) is 0 Å². The van der Waals surface area contributed by atoms with E-state index < -0.39 is 0 Å². The number of rotatable bonds is 7. The Kier molecular flexibility index (Phi) is 6.94. The van der Waals surface area contributed by atoms with Gasteiger partial charge in [0.1, 0.15) is 5.82 Å². The highest BCUT2D eigenvalue weighted by atomic mass is 16.5. The number of carbonyl (C=O) groups excluding carboxylic acids is 1. The summed E-state index contributed by atoms with van der Waals surface area (Å²) in [6.45, 7) is 6.09. The molecule has 1 N–H and O–H groups in total.